The minimum Gasteiger partial charge on any atom is -0.444 e. The molecule has 0 unspecified atom stereocenters. The Labute approximate surface area is 295 Å². The van der Waals surface area contributed by atoms with Crippen LogP contribution < -0.4 is 15.5 Å². The predicted molar refractivity (Wildman–Crippen MR) is 189 cm³/mol. The largest absolute Gasteiger partial charge is 0.444 e. The Bertz CT molecular complexity index is 1910. The Kier molecular flexibility index (Phi) is 9.64. The lowest BCUT2D eigenvalue weighted by Crippen LogP contribution is -2.40. The van der Waals surface area contributed by atoms with E-state index in [0.717, 1.165) is 11.1 Å². The van der Waals surface area contributed by atoms with E-state index in [2.05, 4.69) is 40.1 Å². The van der Waals surface area contributed by atoms with Crippen molar-refractivity contribution < 1.29 is 29.0 Å². The first-order valence-corrected chi connectivity index (χ1v) is 17.4. The van der Waals surface area contributed by atoms with Gasteiger partial charge in [-0.05, 0) is 44.7 Å². The molecular formula is C37H44N8O6. The molecule has 2 aromatic carbocycles. The van der Waals surface area contributed by atoms with Gasteiger partial charge in [0.15, 0.2) is 29.0 Å². The van der Waals surface area contributed by atoms with Crippen molar-refractivity contribution in [3.05, 3.63) is 95.6 Å². The summed E-state index contributed by atoms with van der Waals surface area (Å²) in [5.41, 5.74) is 3.27. The molecule has 1 amide bonds. The van der Waals surface area contributed by atoms with Crippen molar-refractivity contribution in [2.75, 3.05) is 29.9 Å². The van der Waals surface area contributed by atoms with E-state index < -0.39 is 36.2 Å². The van der Waals surface area contributed by atoms with E-state index in [9.17, 15) is 15.0 Å². The monoisotopic (exact) mass is 696 g/mol. The first-order chi connectivity index (χ1) is 24.6. The number of aryl methyl sites for hydroxylation is 1. The van der Waals surface area contributed by atoms with Gasteiger partial charge in [-0.2, -0.15) is 9.97 Å². The number of aliphatic hydroxyl groups is 2. The number of fused-ring (bicyclic) bond motifs is 1. The van der Waals surface area contributed by atoms with E-state index in [0.29, 0.717) is 66.9 Å². The van der Waals surface area contributed by atoms with Crippen molar-refractivity contribution in [1.29, 1.82) is 0 Å². The van der Waals surface area contributed by atoms with Crippen LogP contribution in [-0.2, 0) is 15.9 Å². The van der Waals surface area contributed by atoms with E-state index in [1.165, 1.54) is 6.33 Å². The fraction of sp³-hybridized carbons (Fsp3) is 0.432. The van der Waals surface area contributed by atoms with Crippen molar-refractivity contribution in [3.63, 3.8) is 0 Å². The number of aromatic nitrogens is 5. The van der Waals surface area contributed by atoms with Crippen LogP contribution in [0, 0.1) is 0 Å². The number of amides is 1. The Morgan fingerprint density at radius 1 is 1.04 bits per heavy atom. The third-order valence-corrected chi connectivity index (χ3v) is 9.21. The van der Waals surface area contributed by atoms with Gasteiger partial charge < -0.3 is 39.7 Å². The van der Waals surface area contributed by atoms with Gasteiger partial charge in [-0.15, -0.1) is 0 Å². The highest BCUT2D eigenvalue weighted by Crippen LogP contribution is 2.41. The van der Waals surface area contributed by atoms with Crippen LogP contribution in [0.2, 0.25) is 0 Å². The Hall–Kier alpha value is -5.05. The SMILES string of the molecule is CCc1cc([C@H]2O[C@@H](n3cnc4c(NCC(c5ccccc5)c5ccccc5)nc(N5CC[C@@H](NC(=O)OC(C)(C)C)C5)nc43)[C@H](O)[C@@H]2O)on1. The molecule has 268 valence electrons. The second-order valence-electron chi connectivity index (χ2n) is 14.0. The van der Waals surface area contributed by atoms with Crippen molar-refractivity contribution in [1.82, 2.24) is 30.0 Å². The molecule has 0 saturated carbocycles. The number of hydrogen-bond acceptors (Lipinski definition) is 12. The van der Waals surface area contributed by atoms with Crippen LogP contribution in [-0.4, -0.2) is 84.5 Å². The van der Waals surface area contributed by atoms with Gasteiger partial charge in [0.2, 0.25) is 5.95 Å². The first kappa shape index (κ1) is 34.4. The lowest BCUT2D eigenvalue weighted by atomic mass is 9.91. The van der Waals surface area contributed by atoms with Crippen LogP contribution in [0.25, 0.3) is 11.2 Å². The van der Waals surface area contributed by atoms with Gasteiger partial charge in [0.25, 0.3) is 0 Å². The van der Waals surface area contributed by atoms with Gasteiger partial charge in [-0.3, -0.25) is 4.57 Å². The van der Waals surface area contributed by atoms with Crippen molar-refractivity contribution >= 4 is 29.0 Å². The average Bonchev–Trinajstić information content (AvgIpc) is 3.92. The summed E-state index contributed by atoms with van der Waals surface area (Å²) < 4.78 is 18.8. The number of carbonyl (C=O) groups excluding carboxylic acids is 1. The standard InChI is InChI=1S/C37H44N8O6/c1-5-24-18-27(51-43-24)31-29(46)30(47)34(49-31)45-21-39-28-32(38-19-26(22-12-8-6-9-13-22)23-14-10-7-11-15-23)41-35(42-33(28)45)44-17-16-25(20-44)40-36(48)50-37(2,3)4/h6-15,18,21,25-26,29-31,34,46-47H,5,16-17,19-20H2,1-4H3,(H,40,48)(H,38,41,42)/t25-,29+,30-,31-,34-/m1/s1. The van der Waals surface area contributed by atoms with Crippen LogP contribution in [0.1, 0.15) is 74.9 Å². The number of rotatable bonds is 10. The summed E-state index contributed by atoms with van der Waals surface area (Å²) in [6, 6.07) is 22.1. The number of aliphatic hydroxyl groups excluding tert-OH is 2. The van der Waals surface area contributed by atoms with Crippen molar-refractivity contribution in [2.45, 2.75) is 82.6 Å². The number of imidazole rings is 1. The highest BCUT2D eigenvalue weighted by atomic mass is 16.6. The maximum Gasteiger partial charge on any atom is 0.407 e. The molecule has 3 aromatic heterocycles. The van der Waals surface area contributed by atoms with Gasteiger partial charge in [-0.25, -0.2) is 9.78 Å². The fourth-order valence-corrected chi connectivity index (χ4v) is 6.64. The number of nitrogens with zero attached hydrogens (tertiary/aromatic N) is 6. The summed E-state index contributed by atoms with van der Waals surface area (Å²) in [5, 5.41) is 32.9. The summed E-state index contributed by atoms with van der Waals surface area (Å²) in [6.07, 6.45) is -2.17. The molecule has 5 aromatic rings. The zero-order chi connectivity index (χ0) is 35.7. The van der Waals surface area contributed by atoms with Gasteiger partial charge in [-0.1, -0.05) is 72.7 Å². The Balaban J connectivity index is 1.22. The van der Waals surface area contributed by atoms with E-state index in [1.807, 2.05) is 69.0 Å². The average molecular weight is 697 g/mol. The lowest BCUT2D eigenvalue weighted by molar-refractivity contribution is -0.0434. The molecule has 5 heterocycles. The number of ether oxygens (including phenoxy) is 2. The molecular weight excluding hydrogens is 652 g/mol. The topological polar surface area (TPSA) is 173 Å². The molecule has 14 heteroatoms. The van der Waals surface area contributed by atoms with Crippen LogP contribution in [0.3, 0.4) is 0 Å². The molecule has 0 radical (unpaired) electrons. The third-order valence-electron chi connectivity index (χ3n) is 9.21. The van der Waals surface area contributed by atoms with Crippen LogP contribution >= 0.6 is 0 Å². The van der Waals surface area contributed by atoms with Crippen LogP contribution in [0.15, 0.2) is 77.6 Å². The zero-order valence-corrected chi connectivity index (χ0v) is 29.1. The smallest absolute Gasteiger partial charge is 0.407 e. The fourth-order valence-electron chi connectivity index (χ4n) is 6.64. The Morgan fingerprint density at radius 2 is 1.75 bits per heavy atom. The minimum atomic E-state index is -1.31. The number of nitrogens with one attached hydrogen (secondary N) is 2. The first-order valence-electron chi connectivity index (χ1n) is 17.4. The molecule has 0 bridgehead atoms. The second-order valence-corrected chi connectivity index (χ2v) is 14.0. The molecule has 51 heavy (non-hydrogen) atoms. The van der Waals surface area contributed by atoms with Crippen molar-refractivity contribution in [3.8, 4) is 0 Å². The summed E-state index contributed by atoms with van der Waals surface area (Å²) in [7, 11) is 0. The van der Waals surface area contributed by atoms with E-state index in [1.54, 1.807) is 10.6 Å². The summed E-state index contributed by atoms with van der Waals surface area (Å²) in [5.74, 6) is 1.25. The molecule has 5 atom stereocenters. The maximum absolute atomic E-state index is 12.6. The molecule has 0 aliphatic carbocycles. The summed E-state index contributed by atoms with van der Waals surface area (Å²) in [4.78, 5) is 29.2. The molecule has 14 nitrogen and oxygen atoms in total. The summed E-state index contributed by atoms with van der Waals surface area (Å²) >= 11 is 0. The van der Waals surface area contributed by atoms with Crippen molar-refractivity contribution in [2.24, 2.45) is 0 Å². The number of alkyl carbamates (subject to hydrolysis) is 1. The molecule has 7 rings (SSSR count). The maximum atomic E-state index is 12.6. The van der Waals surface area contributed by atoms with Gasteiger partial charge in [0, 0.05) is 31.6 Å². The molecule has 2 aliphatic rings. The van der Waals surface area contributed by atoms with E-state index >= 15 is 0 Å². The van der Waals surface area contributed by atoms with Crippen LogP contribution in [0.4, 0.5) is 16.6 Å². The van der Waals surface area contributed by atoms with Crippen LogP contribution in [0.5, 0.6) is 0 Å². The minimum absolute atomic E-state index is 0.00274. The summed E-state index contributed by atoms with van der Waals surface area (Å²) in [6.45, 7) is 8.99. The third kappa shape index (κ3) is 7.39. The molecule has 2 aliphatic heterocycles. The van der Waals surface area contributed by atoms with Gasteiger partial charge in [0.1, 0.15) is 23.9 Å². The number of hydrogen-bond donors (Lipinski definition) is 4. The Morgan fingerprint density at radius 3 is 2.39 bits per heavy atom. The molecule has 2 saturated heterocycles. The zero-order valence-electron chi connectivity index (χ0n) is 29.1. The molecule has 2 fully saturated rings. The van der Waals surface area contributed by atoms with Gasteiger partial charge >= 0.3 is 6.09 Å². The quantitative estimate of drug-likeness (QED) is 0.159. The van der Waals surface area contributed by atoms with E-state index in [-0.39, 0.29) is 12.0 Å². The molecule has 4 N–H and O–H groups in total. The predicted octanol–water partition coefficient (Wildman–Crippen LogP) is 4.72. The highest BCUT2D eigenvalue weighted by Gasteiger charge is 2.47. The van der Waals surface area contributed by atoms with E-state index in [4.69, 9.17) is 28.9 Å². The lowest BCUT2D eigenvalue weighted by Gasteiger charge is -2.23. The number of carbonyl (C=O) groups is 1. The number of anilines is 2. The number of benzene rings is 2. The highest BCUT2D eigenvalue weighted by molar-refractivity contribution is 5.84. The van der Waals surface area contributed by atoms with Gasteiger partial charge in [0.05, 0.1) is 18.1 Å². The molecule has 0 spiro atoms. The second kappa shape index (κ2) is 14.3. The normalized spacial score (nSPS) is 22.2.